The van der Waals surface area contributed by atoms with Gasteiger partial charge in [-0.2, -0.15) is 5.26 Å². The number of carbonyl (C=O) groups is 1. The third kappa shape index (κ3) is 3.54. The fourth-order valence-electron chi connectivity index (χ4n) is 1.97. The molecule has 2 rings (SSSR count). The van der Waals surface area contributed by atoms with E-state index < -0.39 is 0 Å². The molecule has 0 aliphatic carbocycles. The lowest BCUT2D eigenvalue weighted by atomic mass is 10.1. The molecule has 0 spiro atoms. The summed E-state index contributed by atoms with van der Waals surface area (Å²) in [4.78, 5) is 16.2. The minimum Gasteiger partial charge on any atom is -0.494 e. The summed E-state index contributed by atoms with van der Waals surface area (Å²) in [5.74, 6) is -0.0289. The first-order valence-electron chi connectivity index (χ1n) is 6.52. The van der Waals surface area contributed by atoms with Crippen LogP contribution in [0.4, 0.5) is 0 Å². The van der Waals surface area contributed by atoms with Gasteiger partial charge in [0.15, 0.2) is 11.4 Å². The van der Waals surface area contributed by atoms with Crippen molar-refractivity contribution in [3.05, 3.63) is 57.9 Å². The Hall–Kier alpha value is -2.58. The number of aromatic nitrogens is 1. The zero-order valence-electron chi connectivity index (χ0n) is 12.2. The standard InChI is InChI=1S/C16H14ClN3O2/c1-10-5-11(7-18)3-4-12(10)8-20-16(21)15-14(22-2)6-13(17)9-19-15/h3-6,9H,8H2,1-2H3,(H,20,21). The van der Waals surface area contributed by atoms with Gasteiger partial charge in [0.05, 0.1) is 23.8 Å². The summed E-state index contributed by atoms with van der Waals surface area (Å²) >= 11 is 5.82. The molecular formula is C16H14ClN3O2. The fraction of sp³-hybridized carbons (Fsp3) is 0.188. The van der Waals surface area contributed by atoms with Crippen LogP contribution in [-0.2, 0) is 6.54 Å². The van der Waals surface area contributed by atoms with Gasteiger partial charge >= 0.3 is 0 Å². The van der Waals surface area contributed by atoms with E-state index in [1.807, 2.05) is 13.0 Å². The van der Waals surface area contributed by atoms with Crippen LogP contribution in [0.5, 0.6) is 5.75 Å². The van der Waals surface area contributed by atoms with Crippen LogP contribution in [0.15, 0.2) is 30.5 Å². The van der Waals surface area contributed by atoms with Gasteiger partial charge in [-0.25, -0.2) is 4.98 Å². The Morgan fingerprint density at radius 1 is 1.45 bits per heavy atom. The number of pyridine rings is 1. The molecule has 112 valence electrons. The van der Waals surface area contributed by atoms with E-state index in [1.165, 1.54) is 19.4 Å². The molecule has 1 N–H and O–H groups in total. The molecule has 0 atom stereocenters. The predicted molar refractivity (Wildman–Crippen MR) is 82.9 cm³/mol. The third-order valence-corrected chi connectivity index (χ3v) is 3.37. The smallest absolute Gasteiger partial charge is 0.274 e. The van der Waals surface area contributed by atoms with Crippen LogP contribution in [0.3, 0.4) is 0 Å². The summed E-state index contributed by atoms with van der Waals surface area (Å²) in [5.41, 5.74) is 2.64. The van der Waals surface area contributed by atoms with Gasteiger partial charge in [0, 0.05) is 18.8 Å². The van der Waals surface area contributed by atoms with Crippen molar-refractivity contribution in [2.75, 3.05) is 7.11 Å². The number of halogens is 1. The number of nitrogens with one attached hydrogen (secondary N) is 1. The summed E-state index contributed by atoms with van der Waals surface area (Å²) in [5, 5.41) is 12.0. The predicted octanol–water partition coefficient (Wildman–Crippen LogP) is 2.85. The Kier molecular flexibility index (Phi) is 4.97. The molecule has 1 heterocycles. The highest BCUT2D eigenvalue weighted by molar-refractivity contribution is 6.30. The molecule has 0 fully saturated rings. The van der Waals surface area contributed by atoms with E-state index in [2.05, 4.69) is 16.4 Å². The van der Waals surface area contributed by atoms with Crippen molar-refractivity contribution in [2.24, 2.45) is 0 Å². The van der Waals surface area contributed by atoms with E-state index in [9.17, 15) is 4.79 Å². The first-order chi connectivity index (χ1) is 10.5. The molecule has 0 unspecified atom stereocenters. The van der Waals surface area contributed by atoms with Crippen molar-refractivity contribution in [1.29, 1.82) is 5.26 Å². The number of amides is 1. The minimum atomic E-state index is -0.350. The Morgan fingerprint density at radius 2 is 2.23 bits per heavy atom. The Morgan fingerprint density at radius 3 is 2.86 bits per heavy atom. The summed E-state index contributed by atoms with van der Waals surface area (Å²) in [6.07, 6.45) is 1.39. The summed E-state index contributed by atoms with van der Waals surface area (Å²) in [6, 6.07) is 8.94. The number of aryl methyl sites for hydroxylation is 1. The summed E-state index contributed by atoms with van der Waals surface area (Å²) < 4.78 is 5.11. The zero-order valence-corrected chi connectivity index (χ0v) is 12.9. The van der Waals surface area contributed by atoms with E-state index in [-0.39, 0.29) is 11.6 Å². The number of hydrogen-bond donors (Lipinski definition) is 1. The van der Waals surface area contributed by atoms with Gasteiger partial charge in [0.1, 0.15) is 0 Å². The maximum Gasteiger partial charge on any atom is 0.274 e. The quantitative estimate of drug-likeness (QED) is 0.941. The van der Waals surface area contributed by atoms with Gasteiger partial charge in [0.2, 0.25) is 0 Å². The van der Waals surface area contributed by atoms with Crippen LogP contribution >= 0.6 is 11.6 Å². The average Bonchev–Trinajstić information content (AvgIpc) is 2.53. The number of carbonyl (C=O) groups excluding carboxylic acids is 1. The normalized spacial score (nSPS) is 9.91. The van der Waals surface area contributed by atoms with E-state index in [4.69, 9.17) is 21.6 Å². The summed E-state index contributed by atoms with van der Waals surface area (Å²) in [6.45, 7) is 2.23. The van der Waals surface area contributed by atoms with Crippen molar-refractivity contribution in [2.45, 2.75) is 13.5 Å². The number of rotatable bonds is 4. The van der Waals surface area contributed by atoms with Crippen molar-refractivity contribution >= 4 is 17.5 Å². The van der Waals surface area contributed by atoms with Crippen LogP contribution in [0, 0.1) is 18.3 Å². The average molecular weight is 316 g/mol. The molecule has 0 bridgehead atoms. The SMILES string of the molecule is COc1cc(Cl)cnc1C(=O)NCc1ccc(C#N)cc1C. The maximum absolute atomic E-state index is 12.2. The molecule has 1 aromatic carbocycles. The van der Waals surface area contributed by atoms with Gasteiger partial charge in [-0.3, -0.25) is 4.79 Å². The van der Waals surface area contributed by atoms with Crippen LogP contribution < -0.4 is 10.1 Å². The molecular weight excluding hydrogens is 302 g/mol. The Labute approximate surface area is 133 Å². The van der Waals surface area contributed by atoms with E-state index >= 15 is 0 Å². The molecule has 0 aliphatic rings. The molecule has 0 radical (unpaired) electrons. The van der Waals surface area contributed by atoms with Crippen LogP contribution in [0.1, 0.15) is 27.2 Å². The first kappa shape index (κ1) is 15.8. The van der Waals surface area contributed by atoms with E-state index in [0.29, 0.717) is 22.9 Å². The lowest BCUT2D eigenvalue weighted by Gasteiger charge is -2.10. The second kappa shape index (κ2) is 6.92. The Balaban J connectivity index is 2.12. The van der Waals surface area contributed by atoms with Crippen molar-refractivity contribution in [3.8, 4) is 11.8 Å². The highest BCUT2D eigenvalue weighted by Crippen LogP contribution is 2.20. The highest BCUT2D eigenvalue weighted by atomic mass is 35.5. The maximum atomic E-state index is 12.2. The fourth-order valence-corrected chi connectivity index (χ4v) is 2.12. The van der Waals surface area contributed by atoms with Gasteiger partial charge in [0.25, 0.3) is 5.91 Å². The second-order valence-corrected chi connectivity index (χ2v) is 5.08. The summed E-state index contributed by atoms with van der Waals surface area (Å²) in [7, 11) is 1.45. The largest absolute Gasteiger partial charge is 0.494 e. The van der Waals surface area contributed by atoms with Crippen molar-refractivity contribution in [1.82, 2.24) is 10.3 Å². The van der Waals surface area contributed by atoms with Crippen molar-refractivity contribution < 1.29 is 9.53 Å². The van der Waals surface area contributed by atoms with Crippen LogP contribution in [0.25, 0.3) is 0 Å². The first-order valence-corrected chi connectivity index (χ1v) is 6.90. The number of benzene rings is 1. The number of nitrogens with zero attached hydrogens (tertiary/aromatic N) is 2. The monoisotopic (exact) mass is 315 g/mol. The van der Waals surface area contributed by atoms with Gasteiger partial charge in [-0.05, 0) is 30.2 Å². The van der Waals surface area contributed by atoms with E-state index in [0.717, 1.165) is 11.1 Å². The highest BCUT2D eigenvalue weighted by Gasteiger charge is 2.14. The molecule has 2 aromatic rings. The topological polar surface area (TPSA) is 75.0 Å². The number of hydrogen-bond acceptors (Lipinski definition) is 4. The molecule has 5 nitrogen and oxygen atoms in total. The number of methoxy groups -OCH3 is 1. The molecule has 0 saturated heterocycles. The van der Waals surface area contributed by atoms with Crippen molar-refractivity contribution in [3.63, 3.8) is 0 Å². The molecule has 1 amide bonds. The molecule has 22 heavy (non-hydrogen) atoms. The second-order valence-electron chi connectivity index (χ2n) is 4.64. The number of nitriles is 1. The molecule has 0 aliphatic heterocycles. The molecule has 0 saturated carbocycles. The Bertz CT molecular complexity index is 754. The lowest BCUT2D eigenvalue weighted by molar-refractivity contribution is 0.0942. The van der Waals surface area contributed by atoms with Gasteiger partial charge < -0.3 is 10.1 Å². The number of ether oxygens (including phenoxy) is 1. The minimum absolute atomic E-state index is 0.179. The molecule has 6 heteroatoms. The van der Waals surface area contributed by atoms with Crippen LogP contribution in [0.2, 0.25) is 5.02 Å². The third-order valence-electron chi connectivity index (χ3n) is 3.17. The van der Waals surface area contributed by atoms with Gasteiger partial charge in [-0.1, -0.05) is 17.7 Å². The molecule has 1 aromatic heterocycles. The lowest BCUT2D eigenvalue weighted by Crippen LogP contribution is -2.24. The zero-order chi connectivity index (χ0) is 16.1. The van der Waals surface area contributed by atoms with E-state index in [1.54, 1.807) is 12.1 Å². The van der Waals surface area contributed by atoms with Crippen LogP contribution in [-0.4, -0.2) is 18.0 Å². The van der Waals surface area contributed by atoms with Gasteiger partial charge in [-0.15, -0.1) is 0 Å².